The number of carbonyl (C=O) groups is 1. The molecule has 0 saturated carbocycles. The number of phenolic OH excluding ortho intramolecular Hbond substituents is 2. The van der Waals surface area contributed by atoms with Crippen molar-refractivity contribution in [2.75, 3.05) is 6.54 Å². The molecule has 0 bridgehead atoms. The Kier molecular flexibility index (Phi) is 2.48. The standard InChI is InChI=1S/C8H8FNO3/c9-7-5(11)2-1-4(8(7)13)6(12)3-10/h1-2,11,13H,3,10H2. The third-order valence-corrected chi connectivity index (χ3v) is 1.58. The molecule has 0 spiro atoms. The maximum Gasteiger partial charge on any atom is 0.207 e. The van der Waals surface area contributed by atoms with Crippen LogP contribution in [0.1, 0.15) is 10.4 Å². The molecule has 0 radical (unpaired) electrons. The highest BCUT2D eigenvalue weighted by molar-refractivity contribution is 6.00. The van der Waals surface area contributed by atoms with Gasteiger partial charge in [-0.05, 0) is 12.1 Å². The maximum atomic E-state index is 12.8. The van der Waals surface area contributed by atoms with E-state index >= 15 is 0 Å². The van der Waals surface area contributed by atoms with E-state index in [4.69, 9.17) is 15.9 Å². The van der Waals surface area contributed by atoms with Gasteiger partial charge in [-0.3, -0.25) is 4.79 Å². The van der Waals surface area contributed by atoms with Crippen molar-refractivity contribution in [1.29, 1.82) is 0 Å². The van der Waals surface area contributed by atoms with Crippen LogP contribution in [0.4, 0.5) is 4.39 Å². The summed E-state index contributed by atoms with van der Waals surface area (Å²) >= 11 is 0. The Morgan fingerprint density at radius 3 is 2.62 bits per heavy atom. The van der Waals surface area contributed by atoms with Gasteiger partial charge in [0.2, 0.25) is 5.82 Å². The number of hydrogen-bond donors (Lipinski definition) is 3. The molecule has 0 fully saturated rings. The van der Waals surface area contributed by atoms with Gasteiger partial charge in [-0.2, -0.15) is 4.39 Å². The molecule has 0 aliphatic heterocycles. The van der Waals surface area contributed by atoms with Gasteiger partial charge in [-0.1, -0.05) is 0 Å². The molecule has 0 aliphatic carbocycles. The van der Waals surface area contributed by atoms with E-state index in [1.807, 2.05) is 0 Å². The number of rotatable bonds is 2. The Bertz CT molecular complexity index is 351. The van der Waals surface area contributed by atoms with Gasteiger partial charge < -0.3 is 15.9 Å². The molecule has 5 heteroatoms. The van der Waals surface area contributed by atoms with Crippen molar-refractivity contribution in [3.05, 3.63) is 23.5 Å². The SMILES string of the molecule is NCC(=O)c1ccc(O)c(F)c1O. The highest BCUT2D eigenvalue weighted by Crippen LogP contribution is 2.28. The van der Waals surface area contributed by atoms with Crippen molar-refractivity contribution < 1.29 is 19.4 Å². The summed E-state index contributed by atoms with van der Waals surface area (Å²) in [5.41, 5.74) is 4.79. The Morgan fingerprint density at radius 2 is 2.08 bits per heavy atom. The first-order valence-corrected chi connectivity index (χ1v) is 3.51. The first-order chi connectivity index (χ1) is 6.07. The molecule has 1 rings (SSSR count). The minimum atomic E-state index is -1.21. The van der Waals surface area contributed by atoms with E-state index in [0.717, 1.165) is 12.1 Å². The predicted octanol–water partition coefficient (Wildman–Crippen LogP) is 0.378. The number of hydrogen-bond acceptors (Lipinski definition) is 4. The molecule has 0 unspecified atom stereocenters. The van der Waals surface area contributed by atoms with Crippen molar-refractivity contribution >= 4 is 5.78 Å². The Morgan fingerprint density at radius 1 is 1.46 bits per heavy atom. The van der Waals surface area contributed by atoms with Crippen LogP contribution in [0.25, 0.3) is 0 Å². The average Bonchev–Trinajstić information content (AvgIpc) is 2.13. The molecule has 0 heterocycles. The van der Waals surface area contributed by atoms with Gasteiger partial charge in [0.25, 0.3) is 0 Å². The number of carbonyl (C=O) groups excluding carboxylic acids is 1. The fraction of sp³-hybridized carbons (Fsp3) is 0.125. The molecule has 4 nitrogen and oxygen atoms in total. The predicted molar refractivity (Wildman–Crippen MR) is 43.1 cm³/mol. The number of Topliss-reactive ketones (excluding diaryl/α,β-unsaturated/α-hetero) is 1. The van der Waals surface area contributed by atoms with Crippen LogP contribution < -0.4 is 5.73 Å². The smallest absolute Gasteiger partial charge is 0.207 e. The zero-order chi connectivity index (χ0) is 10.0. The molecule has 0 saturated heterocycles. The maximum absolute atomic E-state index is 12.8. The molecule has 0 aromatic heterocycles. The van der Waals surface area contributed by atoms with E-state index in [9.17, 15) is 9.18 Å². The number of ketones is 1. The second-order valence-corrected chi connectivity index (χ2v) is 2.42. The number of aromatic hydroxyl groups is 2. The largest absolute Gasteiger partial charge is 0.505 e. The van der Waals surface area contributed by atoms with Gasteiger partial charge >= 0.3 is 0 Å². The highest BCUT2D eigenvalue weighted by atomic mass is 19.1. The number of halogens is 1. The van der Waals surface area contributed by atoms with Gasteiger partial charge in [-0.15, -0.1) is 0 Å². The molecule has 0 atom stereocenters. The Balaban J connectivity index is 3.26. The van der Waals surface area contributed by atoms with E-state index in [1.54, 1.807) is 0 Å². The molecular weight excluding hydrogens is 177 g/mol. The lowest BCUT2D eigenvalue weighted by Gasteiger charge is -2.03. The van der Waals surface area contributed by atoms with Gasteiger partial charge in [0.1, 0.15) is 0 Å². The lowest BCUT2D eigenvalue weighted by Crippen LogP contribution is -2.13. The van der Waals surface area contributed by atoms with Crippen LogP contribution in [-0.2, 0) is 0 Å². The van der Waals surface area contributed by atoms with Crippen molar-refractivity contribution in [3.63, 3.8) is 0 Å². The molecule has 1 aromatic rings. The van der Waals surface area contributed by atoms with Gasteiger partial charge in [0, 0.05) is 0 Å². The van der Waals surface area contributed by atoms with Crippen LogP contribution in [0.2, 0.25) is 0 Å². The van der Waals surface area contributed by atoms with Crippen LogP contribution in [-0.4, -0.2) is 22.5 Å². The van der Waals surface area contributed by atoms with Gasteiger partial charge in [-0.25, -0.2) is 0 Å². The number of nitrogens with two attached hydrogens (primary N) is 1. The second kappa shape index (κ2) is 3.40. The van der Waals surface area contributed by atoms with Crippen molar-refractivity contribution in [2.45, 2.75) is 0 Å². The monoisotopic (exact) mass is 185 g/mol. The summed E-state index contributed by atoms with van der Waals surface area (Å²) in [6, 6.07) is 2.10. The zero-order valence-electron chi connectivity index (χ0n) is 6.62. The Labute approximate surface area is 73.4 Å². The Hall–Kier alpha value is -1.62. The second-order valence-electron chi connectivity index (χ2n) is 2.42. The minimum absolute atomic E-state index is 0.224. The molecule has 1 aromatic carbocycles. The van der Waals surface area contributed by atoms with E-state index in [1.165, 1.54) is 0 Å². The topological polar surface area (TPSA) is 83.6 Å². The quantitative estimate of drug-likeness (QED) is 0.581. The van der Waals surface area contributed by atoms with Gasteiger partial charge in [0.15, 0.2) is 17.3 Å². The van der Waals surface area contributed by atoms with Crippen LogP contribution in [0, 0.1) is 5.82 Å². The first-order valence-electron chi connectivity index (χ1n) is 3.51. The molecule has 13 heavy (non-hydrogen) atoms. The summed E-state index contributed by atoms with van der Waals surface area (Å²) in [6.45, 7) is -0.322. The van der Waals surface area contributed by atoms with Crippen molar-refractivity contribution in [2.24, 2.45) is 5.73 Å². The third kappa shape index (κ3) is 1.59. The first kappa shape index (κ1) is 9.47. The van der Waals surface area contributed by atoms with E-state index < -0.39 is 23.1 Å². The number of benzene rings is 1. The van der Waals surface area contributed by atoms with Gasteiger partial charge in [0.05, 0.1) is 12.1 Å². The fourth-order valence-electron chi connectivity index (χ4n) is 0.889. The van der Waals surface area contributed by atoms with Crippen LogP contribution >= 0.6 is 0 Å². The summed E-state index contributed by atoms with van der Waals surface area (Å²) in [7, 11) is 0. The highest BCUT2D eigenvalue weighted by Gasteiger charge is 2.15. The van der Waals surface area contributed by atoms with E-state index in [-0.39, 0.29) is 12.1 Å². The van der Waals surface area contributed by atoms with Crippen LogP contribution in [0.15, 0.2) is 12.1 Å². The summed E-state index contributed by atoms with van der Waals surface area (Å²) in [5.74, 6) is -3.36. The molecule has 70 valence electrons. The van der Waals surface area contributed by atoms with E-state index in [0.29, 0.717) is 0 Å². The summed E-state index contributed by atoms with van der Waals surface area (Å²) in [5, 5.41) is 17.9. The lowest BCUT2D eigenvalue weighted by molar-refractivity contribution is 0.0998. The normalized spacial score (nSPS) is 10.0. The fourth-order valence-corrected chi connectivity index (χ4v) is 0.889. The van der Waals surface area contributed by atoms with Crippen molar-refractivity contribution in [3.8, 4) is 11.5 Å². The zero-order valence-corrected chi connectivity index (χ0v) is 6.62. The summed E-state index contributed by atoms with van der Waals surface area (Å²) in [6.07, 6.45) is 0. The molecule has 0 amide bonds. The summed E-state index contributed by atoms with van der Waals surface area (Å²) in [4.78, 5) is 11.0. The van der Waals surface area contributed by atoms with Crippen molar-refractivity contribution in [1.82, 2.24) is 0 Å². The molecular formula is C8H8FNO3. The minimum Gasteiger partial charge on any atom is -0.505 e. The summed E-state index contributed by atoms with van der Waals surface area (Å²) < 4.78 is 12.8. The average molecular weight is 185 g/mol. The molecule has 0 aliphatic rings. The lowest BCUT2D eigenvalue weighted by atomic mass is 10.1. The van der Waals surface area contributed by atoms with Crippen LogP contribution in [0.3, 0.4) is 0 Å². The number of phenols is 2. The van der Waals surface area contributed by atoms with E-state index in [2.05, 4.69) is 0 Å². The molecule has 4 N–H and O–H groups in total. The van der Waals surface area contributed by atoms with Crippen LogP contribution in [0.5, 0.6) is 11.5 Å². The third-order valence-electron chi connectivity index (χ3n) is 1.58.